The summed E-state index contributed by atoms with van der Waals surface area (Å²) in [6.07, 6.45) is 0.0224. The molecular formula is C18H16FNO5S. The van der Waals surface area contributed by atoms with E-state index in [1.807, 2.05) is 0 Å². The summed E-state index contributed by atoms with van der Waals surface area (Å²) >= 11 is 0. The third-order valence-electron chi connectivity index (χ3n) is 4.56. The summed E-state index contributed by atoms with van der Waals surface area (Å²) in [6.45, 7) is 0.335. The average molecular weight is 377 g/mol. The van der Waals surface area contributed by atoms with Gasteiger partial charge in [-0.2, -0.15) is 4.31 Å². The minimum atomic E-state index is -3.80. The van der Waals surface area contributed by atoms with Crippen LogP contribution in [0.15, 0.2) is 47.4 Å². The highest BCUT2D eigenvalue weighted by Crippen LogP contribution is 2.31. The summed E-state index contributed by atoms with van der Waals surface area (Å²) < 4.78 is 51.6. The molecule has 0 radical (unpaired) electrons. The van der Waals surface area contributed by atoms with Crippen LogP contribution in [0.1, 0.15) is 22.3 Å². The van der Waals surface area contributed by atoms with Gasteiger partial charge in [0.15, 0.2) is 11.6 Å². The Morgan fingerprint density at radius 1 is 1.15 bits per heavy atom. The summed E-state index contributed by atoms with van der Waals surface area (Å²) in [6, 6.07) is 10.6. The topological polar surface area (TPSA) is 72.9 Å². The maximum atomic E-state index is 13.7. The highest BCUT2D eigenvalue weighted by Gasteiger charge is 2.37. The van der Waals surface area contributed by atoms with Crippen molar-refractivity contribution < 1.29 is 27.1 Å². The van der Waals surface area contributed by atoms with Gasteiger partial charge in [-0.05, 0) is 30.7 Å². The normalized spacial score (nSPS) is 20.0. The van der Waals surface area contributed by atoms with Crippen molar-refractivity contribution in [3.8, 4) is 5.75 Å². The van der Waals surface area contributed by atoms with E-state index >= 15 is 0 Å². The van der Waals surface area contributed by atoms with E-state index in [1.165, 1.54) is 28.6 Å². The van der Waals surface area contributed by atoms with E-state index in [2.05, 4.69) is 0 Å². The van der Waals surface area contributed by atoms with Crippen molar-refractivity contribution in [2.24, 2.45) is 0 Å². The van der Waals surface area contributed by atoms with Gasteiger partial charge in [-0.3, -0.25) is 0 Å². The number of esters is 1. The Morgan fingerprint density at radius 3 is 2.77 bits per heavy atom. The second-order valence-corrected chi connectivity index (χ2v) is 8.09. The standard InChI is InChI=1S/C18H16FNO5S/c19-15-5-1-2-6-16(15)25-12-8-9-20(10-12)26(22,23)17-7-3-4-13-14(17)11-24-18(13)21/h1-7,12H,8-11H2. The van der Waals surface area contributed by atoms with Crippen LogP contribution in [0.5, 0.6) is 5.75 Å². The second kappa shape index (κ2) is 6.37. The van der Waals surface area contributed by atoms with Gasteiger partial charge in [0.2, 0.25) is 10.0 Å². The number of ether oxygens (including phenoxy) is 2. The van der Waals surface area contributed by atoms with Crippen molar-refractivity contribution in [2.45, 2.75) is 24.0 Å². The number of cyclic esters (lactones) is 1. The summed E-state index contributed by atoms with van der Waals surface area (Å²) in [4.78, 5) is 11.7. The number of hydrogen-bond acceptors (Lipinski definition) is 5. The van der Waals surface area contributed by atoms with Crippen molar-refractivity contribution in [3.63, 3.8) is 0 Å². The SMILES string of the molecule is O=C1OCc2c1cccc2S(=O)(=O)N1CCC(Oc2ccccc2F)C1. The Hall–Kier alpha value is -2.45. The molecule has 0 aromatic heterocycles. The largest absolute Gasteiger partial charge is 0.486 e. The number of benzene rings is 2. The molecule has 8 heteroatoms. The van der Waals surface area contributed by atoms with E-state index < -0.39 is 27.9 Å². The van der Waals surface area contributed by atoms with Crippen LogP contribution in [0.4, 0.5) is 4.39 Å². The van der Waals surface area contributed by atoms with Crippen LogP contribution < -0.4 is 4.74 Å². The lowest BCUT2D eigenvalue weighted by molar-refractivity contribution is 0.0534. The van der Waals surface area contributed by atoms with Gasteiger partial charge in [-0.15, -0.1) is 0 Å². The van der Waals surface area contributed by atoms with Crippen molar-refractivity contribution in [1.29, 1.82) is 0 Å². The summed E-state index contributed by atoms with van der Waals surface area (Å²) in [5.74, 6) is -0.888. The van der Waals surface area contributed by atoms with Crippen LogP contribution in [-0.4, -0.2) is 37.9 Å². The molecule has 0 aliphatic carbocycles. The Kier molecular flexibility index (Phi) is 4.16. The molecule has 1 fully saturated rings. The van der Waals surface area contributed by atoms with Crippen LogP contribution in [0.3, 0.4) is 0 Å². The number of carbonyl (C=O) groups is 1. The zero-order chi connectivity index (χ0) is 18.3. The first-order valence-corrected chi connectivity index (χ1v) is 9.61. The first-order chi connectivity index (χ1) is 12.5. The minimum Gasteiger partial charge on any atom is -0.486 e. The molecule has 0 amide bonds. The number of fused-ring (bicyclic) bond motifs is 1. The highest BCUT2D eigenvalue weighted by molar-refractivity contribution is 7.89. The number of para-hydroxylation sites is 1. The number of rotatable bonds is 4. The van der Waals surface area contributed by atoms with Crippen molar-refractivity contribution in [1.82, 2.24) is 4.31 Å². The number of sulfonamides is 1. The maximum absolute atomic E-state index is 13.7. The molecule has 1 unspecified atom stereocenters. The quantitative estimate of drug-likeness (QED) is 0.765. The third-order valence-corrected chi connectivity index (χ3v) is 6.51. The lowest BCUT2D eigenvalue weighted by Gasteiger charge is -2.18. The van der Waals surface area contributed by atoms with Crippen molar-refractivity contribution in [2.75, 3.05) is 13.1 Å². The fourth-order valence-corrected chi connectivity index (χ4v) is 4.95. The molecular weight excluding hydrogens is 361 g/mol. The molecule has 0 saturated carbocycles. The smallest absolute Gasteiger partial charge is 0.338 e. The molecule has 6 nitrogen and oxygen atoms in total. The predicted molar refractivity (Wildman–Crippen MR) is 89.8 cm³/mol. The van der Waals surface area contributed by atoms with E-state index in [0.29, 0.717) is 12.0 Å². The van der Waals surface area contributed by atoms with Crippen molar-refractivity contribution in [3.05, 3.63) is 59.4 Å². The fraction of sp³-hybridized carbons (Fsp3) is 0.278. The zero-order valence-electron chi connectivity index (χ0n) is 13.7. The second-order valence-electron chi connectivity index (χ2n) is 6.18. The molecule has 4 rings (SSSR count). The van der Waals surface area contributed by atoms with Crippen LogP contribution in [0, 0.1) is 5.82 Å². The molecule has 2 aromatic carbocycles. The fourth-order valence-electron chi connectivity index (χ4n) is 3.23. The lowest BCUT2D eigenvalue weighted by atomic mass is 10.1. The van der Waals surface area contributed by atoms with E-state index in [4.69, 9.17) is 9.47 Å². The molecule has 26 heavy (non-hydrogen) atoms. The lowest BCUT2D eigenvalue weighted by Crippen LogP contribution is -2.31. The van der Waals surface area contributed by atoms with E-state index in [9.17, 15) is 17.6 Å². The van der Waals surface area contributed by atoms with E-state index in [0.717, 1.165) is 0 Å². The summed E-state index contributed by atoms with van der Waals surface area (Å²) in [5, 5.41) is 0. The van der Waals surface area contributed by atoms with Crippen LogP contribution in [-0.2, 0) is 21.4 Å². The third kappa shape index (κ3) is 2.85. The van der Waals surface area contributed by atoms with Gasteiger partial charge >= 0.3 is 5.97 Å². The van der Waals surface area contributed by atoms with Gasteiger partial charge < -0.3 is 9.47 Å². The van der Waals surface area contributed by atoms with Gasteiger partial charge in [0.25, 0.3) is 0 Å². The zero-order valence-corrected chi connectivity index (χ0v) is 14.5. The Balaban J connectivity index is 1.56. The van der Waals surface area contributed by atoms with E-state index in [-0.39, 0.29) is 35.9 Å². The first kappa shape index (κ1) is 17.0. The number of carbonyl (C=O) groups excluding carboxylic acids is 1. The monoisotopic (exact) mass is 377 g/mol. The van der Waals surface area contributed by atoms with Crippen molar-refractivity contribution >= 4 is 16.0 Å². The van der Waals surface area contributed by atoms with Crippen LogP contribution in [0.2, 0.25) is 0 Å². The molecule has 2 aliphatic rings. The Bertz CT molecular complexity index is 975. The molecule has 2 heterocycles. The Morgan fingerprint density at radius 2 is 1.96 bits per heavy atom. The Labute approximate surface area is 150 Å². The minimum absolute atomic E-state index is 0.0490. The van der Waals surface area contributed by atoms with Gasteiger partial charge in [0.1, 0.15) is 12.7 Å². The van der Waals surface area contributed by atoms with Gasteiger partial charge in [0, 0.05) is 12.1 Å². The molecule has 0 spiro atoms. The molecule has 2 aliphatic heterocycles. The molecule has 0 N–H and O–H groups in total. The number of hydrogen-bond donors (Lipinski definition) is 0. The van der Waals surface area contributed by atoms with Crippen LogP contribution in [0.25, 0.3) is 0 Å². The molecule has 1 atom stereocenters. The molecule has 136 valence electrons. The van der Waals surface area contributed by atoms with Gasteiger partial charge in [-0.25, -0.2) is 17.6 Å². The molecule has 1 saturated heterocycles. The summed E-state index contributed by atoms with van der Waals surface area (Å²) in [7, 11) is -3.80. The molecule has 2 aromatic rings. The van der Waals surface area contributed by atoms with Gasteiger partial charge in [-0.1, -0.05) is 18.2 Å². The number of nitrogens with zero attached hydrogens (tertiary/aromatic N) is 1. The molecule has 0 bridgehead atoms. The first-order valence-electron chi connectivity index (χ1n) is 8.17. The average Bonchev–Trinajstić information content (AvgIpc) is 3.25. The predicted octanol–water partition coefficient (Wildman–Crippen LogP) is 2.34. The maximum Gasteiger partial charge on any atom is 0.338 e. The number of halogens is 1. The van der Waals surface area contributed by atoms with Crippen LogP contribution >= 0.6 is 0 Å². The highest BCUT2D eigenvalue weighted by atomic mass is 32.2. The summed E-state index contributed by atoms with van der Waals surface area (Å²) in [5.41, 5.74) is 0.667. The van der Waals surface area contributed by atoms with Gasteiger partial charge in [0.05, 0.1) is 17.0 Å². The van der Waals surface area contributed by atoms with E-state index in [1.54, 1.807) is 18.2 Å².